The number of hydrogen-bond acceptors (Lipinski definition) is 4. The first-order valence-electron chi connectivity index (χ1n) is 4.79. The molecular weight excluding hydrogens is 194 g/mol. The fraction of sp³-hybridized carbons (Fsp3) is 0.182. The Morgan fingerprint density at radius 3 is 3.07 bits per heavy atom. The molecule has 1 aliphatic rings. The molecule has 4 nitrogen and oxygen atoms in total. The van der Waals surface area contributed by atoms with Gasteiger partial charge in [-0.2, -0.15) is 0 Å². The van der Waals surface area contributed by atoms with Gasteiger partial charge < -0.3 is 14.5 Å². The summed E-state index contributed by atoms with van der Waals surface area (Å²) in [5.41, 5.74) is 0.619. The maximum atomic E-state index is 11.6. The van der Waals surface area contributed by atoms with E-state index in [1.54, 1.807) is 6.07 Å². The summed E-state index contributed by atoms with van der Waals surface area (Å²) < 4.78 is 10.7. The van der Waals surface area contributed by atoms with Gasteiger partial charge in [-0.05, 0) is 12.1 Å². The van der Waals surface area contributed by atoms with Gasteiger partial charge in [0.05, 0.1) is 5.39 Å². The third kappa shape index (κ3) is 1.18. The van der Waals surface area contributed by atoms with E-state index in [4.69, 9.17) is 9.15 Å². The molecule has 4 heteroatoms. The highest BCUT2D eigenvalue weighted by Gasteiger charge is 2.18. The zero-order chi connectivity index (χ0) is 10.3. The highest BCUT2D eigenvalue weighted by Crippen LogP contribution is 2.32. The molecule has 0 saturated carbocycles. The van der Waals surface area contributed by atoms with Crippen LogP contribution in [0.15, 0.2) is 33.5 Å². The molecule has 1 aliphatic heterocycles. The number of para-hydroxylation sites is 1. The first-order valence-corrected chi connectivity index (χ1v) is 4.79. The fourth-order valence-electron chi connectivity index (χ4n) is 1.75. The molecule has 0 spiro atoms. The van der Waals surface area contributed by atoms with Gasteiger partial charge in [-0.15, -0.1) is 0 Å². The first kappa shape index (κ1) is 8.35. The molecule has 0 amide bonds. The number of ether oxygens (including phenoxy) is 1. The second-order valence-corrected chi connectivity index (χ2v) is 3.37. The summed E-state index contributed by atoms with van der Waals surface area (Å²) in [7, 11) is 0. The number of benzene rings is 1. The molecule has 2 heterocycles. The second kappa shape index (κ2) is 3.02. The molecule has 3 rings (SSSR count). The van der Waals surface area contributed by atoms with Crippen molar-refractivity contribution in [3.8, 4) is 5.75 Å². The van der Waals surface area contributed by atoms with Crippen LogP contribution in [0.3, 0.4) is 0 Å². The standard InChI is InChI=1S/C11H9NO3/c13-11-9-10(14-6-5-12-9)7-3-1-2-4-8(7)15-11/h1-4,12H,5-6H2. The molecule has 0 radical (unpaired) electrons. The highest BCUT2D eigenvalue weighted by molar-refractivity contribution is 5.88. The number of nitrogens with one attached hydrogen (secondary N) is 1. The average Bonchev–Trinajstić information content (AvgIpc) is 2.30. The molecule has 0 fully saturated rings. The molecule has 0 atom stereocenters. The van der Waals surface area contributed by atoms with Gasteiger partial charge in [0.1, 0.15) is 12.2 Å². The van der Waals surface area contributed by atoms with Crippen LogP contribution < -0.4 is 15.7 Å². The molecule has 0 saturated heterocycles. The maximum Gasteiger partial charge on any atom is 0.363 e. The predicted molar refractivity (Wildman–Crippen MR) is 56.5 cm³/mol. The lowest BCUT2D eigenvalue weighted by Gasteiger charge is -2.18. The Morgan fingerprint density at radius 1 is 1.27 bits per heavy atom. The number of rotatable bonds is 0. The Kier molecular flexibility index (Phi) is 1.68. The van der Waals surface area contributed by atoms with Gasteiger partial charge in [-0.1, -0.05) is 12.1 Å². The van der Waals surface area contributed by atoms with Crippen LogP contribution >= 0.6 is 0 Å². The van der Waals surface area contributed by atoms with Gasteiger partial charge >= 0.3 is 5.63 Å². The van der Waals surface area contributed by atoms with Crippen molar-refractivity contribution in [2.45, 2.75) is 0 Å². The summed E-state index contributed by atoms with van der Waals surface area (Å²) in [4.78, 5) is 11.6. The number of hydrogen-bond donors (Lipinski definition) is 1. The SMILES string of the molecule is O=c1oc2ccccc2c2c1NCCO2. The smallest absolute Gasteiger partial charge is 0.363 e. The summed E-state index contributed by atoms with van der Waals surface area (Å²) in [6.07, 6.45) is 0. The van der Waals surface area contributed by atoms with E-state index in [9.17, 15) is 4.79 Å². The molecule has 0 bridgehead atoms. The zero-order valence-electron chi connectivity index (χ0n) is 7.95. The maximum absolute atomic E-state index is 11.6. The van der Waals surface area contributed by atoms with Crippen molar-refractivity contribution in [2.24, 2.45) is 0 Å². The van der Waals surface area contributed by atoms with E-state index in [1.807, 2.05) is 18.2 Å². The van der Waals surface area contributed by atoms with Crippen LogP contribution in [0.5, 0.6) is 5.75 Å². The summed E-state index contributed by atoms with van der Waals surface area (Å²) in [5.74, 6) is 0.605. The van der Waals surface area contributed by atoms with Crippen molar-refractivity contribution in [1.29, 1.82) is 0 Å². The largest absolute Gasteiger partial charge is 0.489 e. The molecule has 76 valence electrons. The van der Waals surface area contributed by atoms with E-state index in [0.717, 1.165) is 5.39 Å². The van der Waals surface area contributed by atoms with E-state index in [0.29, 0.717) is 30.2 Å². The minimum Gasteiger partial charge on any atom is -0.489 e. The van der Waals surface area contributed by atoms with Crippen LogP contribution in [0.4, 0.5) is 5.69 Å². The van der Waals surface area contributed by atoms with Crippen molar-refractivity contribution >= 4 is 16.7 Å². The van der Waals surface area contributed by atoms with Gasteiger partial charge in [0.2, 0.25) is 0 Å². The minimum atomic E-state index is -0.372. The van der Waals surface area contributed by atoms with Crippen molar-refractivity contribution in [3.63, 3.8) is 0 Å². The molecule has 0 unspecified atom stereocenters. The van der Waals surface area contributed by atoms with Gasteiger partial charge in [-0.3, -0.25) is 0 Å². The van der Waals surface area contributed by atoms with E-state index < -0.39 is 0 Å². The second-order valence-electron chi connectivity index (χ2n) is 3.37. The molecule has 1 N–H and O–H groups in total. The van der Waals surface area contributed by atoms with E-state index >= 15 is 0 Å². The van der Waals surface area contributed by atoms with Crippen LogP contribution in [-0.2, 0) is 0 Å². The monoisotopic (exact) mass is 203 g/mol. The lowest BCUT2D eigenvalue weighted by Crippen LogP contribution is -2.23. The van der Waals surface area contributed by atoms with Gasteiger partial charge in [0, 0.05) is 6.54 Å². The summed E-state index contributed by atoms with van der Waals surface area (Å²) in [5, 5.41) is 3.82. The average molecular weight is 203 g/mol. The van der Waals surface area contributed by atoms with Crippen molar-refractivity contribution in [1.82, 2.24) is 0 Å². The Morgan fingerprint density at radius 2 is 2.13 bits per heavy atom. The van der Waals surface area contributed by atoms with Crippen molar-refractivity contribution in [3.05, 3.63) is 34.7 Å². The van der Waals surface area contributed by atoms with Crippen LogP contribution in [0.25, 0.3) is 11.0 Å². The van der Waals surface area contributed by atoms with Crippen LogP contribution in [0.2, 0.25) is 0 Å². The molecule has 2 aromatic rings. The van der Waals surface area contributed by atoms with Gasteiger partial charge in [-0.25, -0.2) is 4.79 Å². The third-order valence-electron chi connectivity index (χ3n) is 2.42. The van der Waals surface area contributed by atoms with Crippen LogP contribution in [0, 0.1) is 0 Å². The first-order chi connectivity index (χ1) is 7.36. The van der Waals surface area contributed by atoms with E-state index in [-0.39, 0.29) is 5.63 Å². The lowest BCUT2D eigenvalue weighted by atomic mass is 10.2. The van der Waals surface area contributed by atoms with Crippen LogP contribution in [0.1, 0.15) is 0 Å². The molecule has 15 heavy (non-hydrogen) atoms. The minimum absolute atomic E-state index is 0.372. The lowest BCUT2D eigenvalue weighted by molar-refractivity contribution is 0.323. The molecule has 0 aliphatic carbocycles. The van der Waals surface area contributed by atoms with Crippen LogP contribution in [-0.4, -0.2) is 13.2 Å². The van der Waals surface area contributed by atoms with Crippen molar-refractivity contribution < 1.29 is 9.15 Å². The Labute approximate surface area is 85.5 Å². The van der Waals surface area contributed by atoms with E-state index in [1.165, 1.54) is 0 Å². The third-order valence-corrected chi connectivity index (χ3v) is 2.42. The van der Waals surface area contributed by atoms with Gasteiger partial charge in [0.15, 0.2) is 11.4 Å². The molecule has 1 aromatic heterocycles. The molecular formula is C11H9NO3. The quantitative estimate of drug-likeness (QED) is 0.661. The number of anilines is 1. The van der Waals surface area contributed by atoms with Crippen molar-refractivity contribution in [2.75, 3.05) is 18.5 Å². The Bertz CT molecular complexity index is 574. The summed E-state index contributed by atoms with van der Waals surface area (Å²) >= 11 is 0. The summed E-state index contributed by atoms with van der Waals surface area (Å²) in [6, 6.07) is 7.35. The topological polar surface area (TPSA) is 51.5 Å². The predicted octanol–water partition coefficient (Wildman–Crippen LogP) is 1.60. The van der Waals surface area contributed by atoms with E-state index in [2.05, 4.69) is 5.32 Å². The highest BCUT2D eigenvalue weighted by atomic mass is 16.5. The fourth-order valence-corrected chi connectivity index (χ4v) is 1.75. The normalized spacial score (nSPS) is 14.1. The Balaban J connectivity index is 2.44. The van der Waals surface area contributed by atoms with Gasteiger partial charge in [0.25, 0.3) is 0 Å². The summed E-state index contributed by atoms with van der Waals surface area (Å²) in [6.45, 7) is 1.20. The molecule has 1 aromatic carbocycles. The number of fused-ring (bicyclic) bond motifs is 3. The Hall–Kier alpha value is -1.97. The zero-order valence-corrected chi connectivity index (χ0v) is 7.95.